The van der Waals surface area contributed by atoms with Gasteiger partial charge in [-0.2, -0.15) is 0 Å². The van der Waals surface area contributed by atoms with Crippen LogP contribution in [0.1, 0.15) is 29.9 Å². The third-order valence-electron chi connectivity index (χ3n) is 4.94. The van der Waals surface area contributed by atoms with Crippen molar-refractivity contribution in [3.05, 3.63) is 66.2 Å². The molecule has 0 aliphatic carbocycles. The molecule has 0 radical (unpaired) electrons. The summed E-state index contributed by atoms with van der Waals surface area (Å²) in [6.07, 6.45) is 5.53. The van der Waals surface area contributed by atoms with E-state index in [2.05, 4.69) is 25.6 Å². The van der Waals surface area contributed by atoms with Gasteiger partial charge >= 0.3 is 0 Å². The maximum Gasteiger partial charge on any atom is 0.271 e. The molecule has 0 fully saturated rings. The summed E-state index contributed by atoms with van der Waals surface area (Å²) < 4.78 is 5.69. The molecule has 1 amide bonds. The number of aryl methyl sites for hydroxylation is 1. The fourth-order valence-electron chi connectivity index (χ4n) is 3.51. The molecule has 0 aliphatic heterocycles. The Bertz CT molecular complexity index is 1230. The smallest absolute Gasteiger partial charge is 0.271 e. The van der Waals surface area contributed by atoms with Crippen LogP contribution >= 0.6 is 0 Å². The summed E-state index contributed by atoms with van der Waals surface area (Å²) in [6.45, 7) is 6.05. The number of fused-ring (bicyclic) bond motifs is 1. The van der Waals surface area contributed by atoms with Crippen LogP contribution in [0.4, 0.5) is 11.5 Å². The van der Waals surface area contributed by atoms with Crippen molar-refractivity contribution in [1.29, 1.82) is 0 Å². The Balaban J connectivity index is 1.60. The predicted molar refractivity (Wildman–Crippen MR) is 123 cm³/mol. The molecule has 3 N–H and O–H groups in total. The number of benzene rings is 1. The van der Waals surface area contributed by atoms with Gasteiger partial charge in [-0.3, -0.25) is 4.79 Å². The van der Waals surface area contributed by atoms with Crippen molar-refractivity contribution in [2.45, 2.75) is 26.9 Å². The number of aromatic amines is 1. The van der Waals surface area contributed by atoms with E-state index in [1.54, 1.807) is 13.2 Å². The number of pyridine rings is 2. The first-order valence-electron chi connectivity index (χ1n) is 10.1. The Morgan fingerprint density at radius 2 is 1.87 bits per heavy atom. The summed E-state index contributed by atoms with van der Waals surface area (Å²) >= 11 is 0. The van der Waals surface area contributed by atoms with Gasteiger partial charge in [-0.25, -0.2) is 9.97 Å². The van der Waals surface area contributed by atoms with Crippen LogP contribution in [0.3, 0.4) is 0 Å². The fourth-order valence-corrected chi connectivity index (χ4v) is 3.51. The fraction of sp³-hybridized carbons (Fsp3) is 0.208. The van der Waals surface area contributed by atoms with Crippen molar-refractivity contribution in [3.63, 3.8) is 0 Å². The Morgan fingerprint density at radius 1 is 1.10 bits per heavy atom. The summed E-state index contributed by atoms with van der Waals surface area (Å²) in [5.74, 6) is 1.37. The minimum absolute atomic E-state index is 0.142. The number of anilines is 2. The van der Waals surface area contributed by atoms with Gasteiger partial charge in [0.2, 0.25) is 0 Å². The minimum Gasteiger partial charge on any atom is -0.491 e. The molecule has 4 rings (SSSR count). The zero-order valence-corrected chi connectivity index (χ0v) is 18.0. The molecule has 0 atom stereocenters. The SMILES string of the molecule is CNC(=O)c1nccc2c(-c3cnc(Nc4ccc(OC(C)C)cc4)cc3C)c[nH]c12. The number of aromatic nitrogens is 3. The average Bonchev–Trinajstić information content (AvgIpc) is 3.18. The van der Waals surface area contributed by atoms with Crippen LogP contribution in [-0.4, -0.2) is 34.0 Å². The quantitative estimate of drug-likeness (QED) is 0.420. The molecule has 3 heterocycles. The summed E-state index contributed by atoms with van der Waals surface area (Å²) in [7, 11) is 1.59. The molecule has 0 spiro atoms. The lowest BCUT2D eigenvalue weighted by Crippen LogP contribution is -2.19. The zero-order valence-electron chi connectivity index (χ0n) is 18.0. The molecule has 4 aromatic rings. The van der Waals surface area contributed by atoms with Crippen molar-refractivity contribution in [3.8, 4) is 16.9 Å². The predicted octanol–water partition coefficient (Wildman–Crippen LogP) is 4.82. The Hall–Kier alpha value is -3.87. The number of nitrogens with zero attached hydrogens (tertiary/aromatic N) is 2. The largest absolute Gasteiger partial charge is 0.491 e. The molecule has 3 aromatic heterocycles. The van der Waals surface area contributed by atoms with Gasteiger partial charge in [0.25, 0.3) is 5.91 Å². The van der Waals surface area contributed by atoms with Crippen molar-refractivity contribution in [2.24, 2.45) is 0 Å². The number of carbonyl (C=O) groups is 1. The number of ether oxygens (including phenoxy) is 1. The number of nitrogens with one attached hydrogen (secondary N) is 3. The summed E-state index contributed by atoms with van der Waals surface area (Å²) in [6, 6.07) is 11.7. The van der Waals surface area contributed by atoms with Gasteiger partial charge in [-0.15, -0.1) is 0 Å². The molecule has 7 heteroatoms. The molecular formula is C24H25N5O2. The van der Waals surface area contributed by atoms with Crippen LogP contribution in [0, 0.1) is 6.92 Å². The molecule has 31 heavy (non-hydrogen) atoms. The van der Waals surface area contributed by atoms with E-state index in [0.717, 1.165) is 39.3 Å². The number of amides is 1. The molecular weight excluding hydrogens is 390 g/mol. The third-order valence-corrected chi connectivity index (χ3v) is 4.94. The molecule has 0 aliphatic rings. The highest BCUT2D eigenvalue weighted by atomic mass is 16.5. The Kier molecular flexibility index (Phi) is 5.58. The van der Waals surface area contributed by atoms with Crippen LogP contribution in [0.25, 0.3) is 22.0 Å². The summed E-state index contributed by atoms with van der Waals surface area (Å²) in [5.41, 5.74) is 5.06. The second-order valence-electron chi connectivity index (χ2n) is 7.56. The second kappa shape index (κ2) is 8.47. The van der Waals surface area contributed by atoms with Crippen molar-refractivity contribution < 1.29 is 9.53 Å². The van der Waals surface area contributed by atoms with Crippen LogP contribution in [0.15, 0.2) is 55.0 Å². The van der Waals surface area contributed by atoms with Crippen LogP contribution in [0.5, 0.6) is 5.75 Å². The maximum atomic E-state index is 12.1. The van der Waals surface area contributed by atoms with E-state index in [-0.39, 0.29) is 12.0 Å². The number of carbonyl (C=O) groups excluding carboxylic acids is 1. The summed E-state index contributed by atoms with van der Waals surface area (Å²) in [4.78, 5) is 24.1. The Morgan fingerprint density at radius 3 is 2.55 bits per heavy atom. The van der Waals surface area contributed by atoms with Gasteiger partial charge < -0.3 is 20.4 Å². The van der Waals surface area contributed by atoms with Gasteiger partial charge in [0.15, 0.2) is 5.69 Å². The second-order valence-corrected chi connectivity index (χ2v) is 7.56. The van der Waals surface area contributed by atoms with E-state index in [0.29, 0.717) is 11.2 Å². The van der Waals surface area contributed by atoms with Gasteiger partial charge in [0.1, 0.15) is 11.6 Å². The summed E-state index contributed by atoms with van der Waals surface area (Å²) in [5, 5.41) is 6.89. The van der Waals surface area contributed by atoms with Crippen molar-refractivity contribution in [2.75, 3.05) is 12.4 Å². The van der Waals surface area contributed by atoms with Crippen LogP contribution in [0.2, 0.25) is 0 Å². The first kappa shape index (κ1) is 20.4. The number of H-pyrrole nitrogens is 1. The molecule has 1 aromatic carbocycles. The van der Waals surface area contributed by atoms with E-state index < -0.39 is 0 Å². The monoisotopic (exact) mass is 415 g/mol. The lowest BCUT2D eigenvalue weighted by atomic mass is 10.0. The topological polar surface area (TPSA) is 91.9 Å². The minimum atomic E-state index is -0.224. The first-order chi connectivity index (χ1) is 15.0. The highest BCUT2D eigenvalue weighted by Crippen LogP contribution is 2.32. The van der Waals surface area contributed by atoms with Crippen LogP contribution < -0.4 is 15.4 Å². The molecule has 0 bridgehead atoms. The van der Waals surface area contributed by atoms with Crippen LogP contribution in [-0.2, 0) is 0 Å². The van der Waals surface area contributed by atoms with Crippen molar-refractivity contribution >= 4 is 28.3 Å². The standard InChI is InChI=1S/C24H25N5O2/c1-14(2)31-17-7-5-16(6-8-17)29-21-11-15(3)19(12-27-21)20-13-28-22-18(20)9-10-26-23(22)24(30)25-4/h5-14,28H,1-4H3,(H,25,30)(H,27,29). The van der Waals surface area contributed by atoms with E-state index >= 15 is 0 Å². The zero-order chi connectivity index (χ0) is 22.0. The van der Waals surface area contributed by atoms with E-state index in [1.165, 1.54) is 0 Å². The van der Waals surface area contributed by atoms with E-state index in [1.807, 2.05) is 69.6 Å². The molecule has 0 saturated carbocycles. The number of hydrogen-bond donors (Lipinski definition) is 3. The number of rotatable bonds is 6. The highest BCUT2D eigenvalue weighted by Gasteiger charge is 2.16. The number of hydrogen-bond acceptors (Lipinski definition) is 5. The normalized spacial score (nSPS) is 11.0. The van der Waals surface area contributed by atoms with Gasteiger partial charge in [-0.05, 0) is 62.7 Å². The molecule has 0 unspecified atom stereocenters. The van der Waals surface area contributed by atoms with Gasteiger partial charge in [0, 0.05) is 47.8 Å². The lowest BCUT2D eigenvalue weighted by molar-refractivity contribution is 0.0960. The van der Waals surface area contributed by atoms with E-state index in [9.17, 15) is 4.79 Å². The lowest BCUT2D eigenvalue weighted by Gasteiger charge is -2.12. The highest BCUT2D eigenvalue weighted by molar-refractivity contribution is 6.07. The Labute approximate surface area is 180 Å². The van der Waals surface area contributed by atoms with Gasteiger partial charge in [0.05, 0.1) is 11.6 Å². The third kappa shape index (κ3) is 4.21. The van der Waals surface area contributed by atoms with Gasteiger partial charge in [-0.1, -0.05) is 0 Å². The van der Waals surface area contributed by atoms with E-state index in [4.69, 9.17) is 4.74 Å². The maximum absolute atomic E-state index is 12.1. The molecule has 158 valence electrons. The first-order valence-corrected chi connectivity index (χ1v) is 10.1. The average molecular weight is 415 g/mol. The molecule has 7 nitrogen and oxygen atoms in total. The molecule has 0 saturated heterocycles. The van der Waals surface area contributed by atoms with Crippen molar-refractivity contribution in [1.82, 2.24) is 20.3 Å².